The van der Waals surface area contributed by atoms with E-state index in [2.05, 4.69) is 17.6 Å². The number of hydrogen-bond acceptors (Lipinski definition) is 4. The highest BCUT2D eigenvalue weighted by Crippen LogP contribution is 2.18. The maximum Gasteiger partial charge on any atom is 0.248 e. The minimum absolute atomic E-state index is 0.0980. The van der Waals surface area contributed by atoms with E-state index in [1.807, 2.05) is 24.3 Å². The van der Waals surface area contributed by atoms with Crippen LogP contribution in [0.5, 0.6) is 5.75 Å². The summed E-state index contributed by atoms with van der Waals surface area (Å²) in [6, 6.07) is 14.1. The van der Waals surface area contributed by atoms with E-state index in [4.69, 9.17) is 10.5 Å². The third kappa shape index (κ3) is 7.40. The summed E-state index contributed by atoms with van der Waals surface area (Å²) in [6.45, 7) is 2.97. The molecule has 2 amide bonds. The van der Waals surface area contributed by atoms with Crippen LogP contribution in [0.4, 0.5) is 11.4 Å². The number of ether oxygens (including phenoxy) is 1. The fourth-order valence-corrected chi connectivity index (χ4v) is 2.55. The molecule has 0 radical (unpaired) electrons. The highest BCUT2D eigenvalue weighted by atomic mass is 16.5. The molecule has 27 heavy (non-hydrogen) atoms. The number of carbonyl (C=O) groups excluding carboxylic acids is 2. The van der Waals surface area contributed by atoms with E-state index in [0.717, 1.165) is 17.9 Å². The first-order valence-corrected chi connectivity index (χ1v) is 9.25. The Kier molecular flexibility index (Phi) is 8.16. The van der Waals surface area contributed by atoms with E-state index in [0.29, 0.717) is 17.9 Å². The number of anilines is 2. The molecule has 2 rings (SSSR count). The van der Waals surface area contributed by atoms with Crippen molar-refractivity contribution in [2.45, 2.75) is 32.6 Å². The molecule has 0 spiro atoms. The van der Waals surface area contributed by atoms with E-state index in [1.54, 1.807) is 24.3 Å². The van der Waals surface area contributed by atoms with E-state index in [-0.39, 0.29) is 12.5 Å². The first-order valence-electron chi connectivity index (χ1n) is 9.25. The van der Waals surface area contributed by atoms with Crippen LogP contribution in [0.1, 0.15) is 43.0 Å². The predicted molar refractivity (Wildman–Crippen MR) is 108 cm³/mol. The normalized spacial score (nSPS) is 10.3. The topological polar surface area (TPSA) is 93.4 Å². The first-order chi connectivity index (χ1) is 13.1. The van der Waals surface area contributed by atoms with Gasteiger partial charge in [-0.15, -0.1) is 0 Å². The number of benzene rings is 2. The minimum Gasteiger partial charge on any atom is -0.494 e. The fourth-order valence-electron chi connectivity index (χ4n) is 2.55. The Bertz CT molecular complexity index is 762. The van der Waals surface area contributed by atoms with Gasteiger partial charge in [0.2, 0.25) is 11.8 Å². The Hall–Kier alpha value is -3.02. The second kappa shape index (κ2) is 10.9. The lowest BCUT2D eigenvalue weighted by atomic mass is 10.2. The maximum atomic E-state index is 12.1. The van der Waals surface area contributed by atoms with Gasteiger partial charge in [0.15, 0.2) is 0 Å². The molecular formula is C21H27N3O3. The summed E-state index contributed by atoms with van der Waals surface area (Å²) in [5.41, 5.74) is 6.93. The van der Waals surface area contributed by atoms with Gasteiger partial charge in [0.25, 0.3) is 0 Å². The highest BCUT2D eigenvalue weighted by molar-refractivity contribution is 5.97. The summed E-state index contributed by atoms with van der Waals surface area (Å²) in [5, 5.41) is 5.80. The summed E-state index contributed by atoms with van der Waals surface area (Å²) < 4.78 is 5.75. The molecule has 144 valence electrons. The predicted octanol–water partition coefficient (Wildman–Crippen LogP) is 3.80. The van der Waals surface area contributed by atoms with Crippen LogP contribution in [0, 0.1) is 0 Å². The van der Waals surface area contributed by atoms with Crippen molar-refractivity contribution in [3.05, 3.63) is 54.1 Å². The molecule has 0 fully saturated rings. The number of unbranched alkanes of at least 4 members (excludes halogenated alkanes) is 3. The fraction of sp³-hybridized carbons (Fsp3) is 0.333. The molecule has 0 aliphatic heterocycles. The molecule has 0 saturated heterocycles. The Labute approximate surface area is 160 Å². The van der Waals surface area contributed by atoms with Gasteiger partial charge in [-0.3, -0.25) is 9.59 Å². The molecule has 0 unspecified atom stereocenters. The van der Waals surface area contributed by atoms with Gasteiger partial charge in [-0.25, -0.2) is 0 Å². The Morgan fingerprint density at radius 1 is 1.00 bits per heavy atom. The average molecular weight is 369 g/mol. The Balaban J connectivity index is 1.80. The number of carbonyl (C=O) groups is 2. The molecule has 4 N–H and O–H groups in total. The SMILES string of the molecule is CCCCCCOc1cccc(NCC(=O)Nc2cccc(C(N)=O)c2)c1. The molecule has 0 aromatic heterocycles. The molecule has 2 aromatic rings. The Morgan fingerprint density at radius 3 is 2.56 bits per heavy atom. The minimum atomic E-state index is -0.532. The van der Waals surface area contributed by atoms with Gasteiger partial charge in [-0.2, -0.15) is 0 Å². The number of rotatable bonds is 11. The van der Waals surface area contributed by atoms with E-state index >= 15 is 0 Å². The van der Waals surface area contributed by atoms with E-state index in [9.17, 15) is 9.59 Å². The molecule has 2 aromatic carbocycles. The molecular weight excluding hydrogens is 342 g/mol. The molecule has 0 aliphatic rings. The first kappa shape index (κ1) is 20.3. The lowest BCUT2D eigenvalue weighted by molar-refractivity contribution is -0.114. The molecule has 0 atom stereocenters. The van der Waals surface area contributed by atoms with Gasteiger partial charge in [0, 0.05) is 23.0 Å². The number of nitrogens with two attached hydrogens (primary N) is 1. The van der Waals surface area contributed by atoms with Crippen LogP contribution in [-0.4, -0.2) is 25.0 Å². The van der Waals surface area contributed by atoms with Crippen molar-refractivity contribution >= 4 is 23.2 Å². The van der Waals surface area contributed by atoms with Crippen LogP contribution in [-0.2, 0) is 4.79 Å². The summed E-state index contributed by atoms with van der Waals surface area (Å²) in [4.78, 5) is 23.3. The van der Waals surface area contributed by atoms with Crippen molar-refractivity contribution in [3.8, 4) is 5.75 Å². The van der Waals surface area contributed by atoms with Gasteiger partial charge in [-0.1, -0.05) is 38.3 Å². The number of amides is 2. The highest BCUT2D eigenvalue weighted by Gasteiger charge is 2.06. The molecule has 0 bridgehead atoms. The van der Waals surface area contributed by atoms with Gasteiger partial charge < -0.3 is 21.1 Å². The summed E-state index contributed by atoms with van der Waals surface area (Å²) in [5.74, 6) is 0.0318. The van der Waals surface area contributed by atoms with Crippen LogP contribution < -0.4 is 21.1 Å². The van der Waals surface area contributed by atoms with E-state index in [1.165, 1.54) is 19.3 Å². The molecule has 6 nitrogen and oxygen atoms in total. The van der Waals surface area contributed by atoms with Crippen molar-refractivity contribution in [2.24, 2.45) is 5.73 Å². The van der Waals surface area contributed by atoms with Gasteiger partial charge in [-0.05, 0) is 36.8 Å². The van der Waals surface area contributed by atoms with Crippen LogP contribution in [0.25, 0.3) is 0 Å². The van der Waals surface area contributed by atoms with Crippen molar-refractivity contribution in [1.29, 1.82) is 0 Å². The monoisotopic (exact) mass is 369 g/mol. The third-order valence-corrected chi connectivity index (χ3v) is 3.98. The lowest BCUT2D eigenvalue weighted by Crippen LogP contribution is -2.22. The number of nitrogens with one attached hydrogen (secondary N) is 2. The molecule has 0 heterocycles. The summed E-state index contributed by atoms with van der Waals surface area (Å²) >= 11 is 0. The quantitative estimate of drug-likeness (QED) is 0.525. The van der Waals surface area contributed by atoms with Crippen LogP contribution in [0.3, 0.4) is 0 Å². The zero-order valence-electron chi connectivity index (χ0n) is 15.7. The van der Waals surface area contributed by atoms with Crippen molar-refractivity contribution in [1.82, 2.24) is 0 Å². The molecule has 6 heteroatoms. The van der Waals surface area contributed by atoms with Crippen LogP contribution in [0.2, 0.25) is 0 Å². The Morgan fingerprint density at radius 2 is 1.78 bits per heavy atom. The smallest absolute Gasteiger partial charge is 0.248 e. The number of hydrogen-bond donors (Lipinski definition) is 3. The average Bonchev–Trinajstić information content (AvgIpc) is 2.67. The van der Waals surface area contributed by atoms with E-state index < -0.39 is 5.91 Å². The van der Waals surface area contributed by atoms with Crippen LogP contribution >= 0.6 is 0 Å². The van der Waals surface area contributed by atoms with Crippen molar-refractivity contribution in [3.63, 3.8) is 0 Å². The maximum absolute atomic E-state index is 12.1. The summed E-state index contributed by atoms with van der Waals surface area (Å²) in [7, 11) is 0. The molecule has 0 saturated carbocycles. The van der Waals surface area contributed by atoms with Crippen LogP contribution in [0.15, 0.2) is 48.5 Å². The zero-order chi connectivity index (χ0) is 19.5. The van der Waals surface area contributed by atoms with Crippen molar-refractivity contribution in [2.75, 3.05) is 23.8 Å². The summed E-state index contributed by atoms with van der Waals surface area (Å²) in [6.07, 6.45) is 4.64. The van der Waals surface area contributed by atoms with Gasteiger partial charge >= 0.3 is 0 Å². The lowest BCUT2D eigenvalue weighted by Gasteiger charge is -2.10. The zero-order valence-corrected chi connectivity index (χ0v) is 15.7. The molecule has 0 aliphatic carbocycles. The second-order valence-electron chi connectivity index (χ2n) is 6.28. The van der Waals surface area contributed by atoms with Gasteiger partial charge in [0.05, 0.1) is 13.2 Å². The standard InChI is InChI=1S/C21H27N3O3/c1-2-3-4-5-12-27-19-11-7-9-17(14-19)23-15-20(25)24-18-10-6-8-16(13-18)21(22)26/h6-11,13-14,23H,2-5,12,15H2,1H3,(H2,22,26)(H,24,25). The number of primary amides is 1. The second-order valence-corrected chi connectivity index (χ2v) is 6.28. The van der Waals surface area contributed by atoms with Gasteiger partial charge in [0.1, 0.15) is 5.75 Å². The third-order valence-electron chi connectivity index (χ3n) is 3.98. The van der Waals surface area contributed by atoms with Crippen molar-refractivity contribution < 1.29 is 14.3 Å². The largest absolute Gasteiger partial charge is 0.494 e.